The number of aliphatic hydroxyl groups is 6. The van der Waals surface area contributed by atoms with Gasteiger partial charge >= 0.3 is 12.4 Å². The summed E-state index contributed by atoms with van der Waals surface area (Å²) in [6.45, 7) is 40.2. The average molecular weight is 1330 g/mol. The summed E-state index contributed by atoms with van der Waals surface area (Å²) in [6, 6.07) is 0. The Morgan fingerprint density at radius 3 is 1.04 bits per heavy atom. The van der Waals surface area contributed by atoms with Crippen LogP contribution in [0.15, 0.2) is 0 Å². The van der Waals surface area contributed by atoms with Gasteiger partial charge in [-0.05, 0) is 288 Å². The fraction of sp³-hybridized carbons (Fsp3) is 0.987. The molecule has 0 radical (unpaired) electrons. The molecule has 9 fully saturated rings. The van der Waals surface area contributed by atoms with Crippen LogP contribution in [0.25, 0.3) is 0 Å². The van der Waals surface area contributed by atoms with Gasteiger partial charge in [-0.2, -0.15) is 26.3 Å². The second kappa shape index (κ2) is 40.3. The minimum absolute atomic E-state index is 0.00106. The van der Waals surface area contributed by atoms with Crippen molar-refractivity contribution in [2.75, 3.05) is 6.61 Å². The lowest BCUT2D eigenvalue weighted by Crippen LogP contribution is -2.49. The van der Waals surface area contributed by atoms with Crippen LogP contribution in [-0.4, -0.2) is 95.6 Å². The topological polar surface area (TPSA) is 148 Å². The smallest absolute Gasteiger partial charge is 0.393 e. The first-order chi connectivity index (χ1) is 42.4. The molecular formula is C78H146F6O8. The van der Waals surface area contributed by atoms with E-state index in [1.54, 1.807) is 0 Å². The van der Waals surface area contributed by atoms with Crippen molar-refractivity contribution in [1.29, 1.82) is 0 Å². The van der Waals surface area contributed by atoms with Crippen molar-refractivity contribution < 1.29 is 66.5 Å². The van der Waals surface area contributed by atoms with E-state index in [9.17, 15) is 61.8 Å². The predicted molar refractivity (Wildman–Crippen MR) is 368 cm³/mol. The molecule has 0 amide bonds. The first-order valence-electron chi connectivity index (χ1n) is 37.9. The maximum Gasteiger partial charge on any atom is 0.417 e. The number of hydrogen-bond acceptors (Lipinski definition) is 8. The third-order valence-electron chi connectivity index (χ3n) is 24.2. The van der Waals surface area contributed by atoms with Gasteiger partial charge in [-0.25, -0.2) is 0 Å². The van der Waals surface area contributed by atoms with Gasteiger partial charge in [0.05, 0.1) is 35.6 Å². The van der Waals surface area contributed by atoms with E-state index < -0.39 is 23.6 Å². The third-order valence-corrected chi connectivity index (χ3v) is 24.2. The van der Waals surface area contributed by atoms with Crippen LogP contribution in [0.4, 0.5) is 26.3 Å². The maximum atomic E-state index is 12.5. The summed E-state index contributed by atoms with van der Waals surface area (Å²) in [5.41, 5.74) is -5.21. The largest absolute Gasteiger partial charge is 0.417 e. The molecule has 6 N–H and O–H groups in total. The van der Waals surface area contributed by atoms with Crippen LogP contribution in [0, 0.1) is 94.7 Å². The molecular weight excluding hydrogens is 1180 g/mol. The zero-order chi connectivity index (χ0) is 70.2. The van der Waals surface area contributed by atoms with E-state index >= 15 is 0 Å². The summed E-state index contributed by atoms with van der Waals surface area (Å²) in [6.07, 6.45) is 21.6. The monoisotopic (exact) mass is 1330 g/mol. The highest BCUT2D eigenvalue weighted by molar-refractivity contribution is 5.79. The molecule has 92 heavy (non-hydrogen) atoms. The van der Waals surface area contributed by atoms with Gasteiger partial charge in [0, 0.05) is 12.8 Å². The first kappa shape index (κ1) is 87.1. The summed E-state index contributed by atoms with van der Waals surface area (Å²) in [5, 5.41) is 56.9. The number of hydrogen-bond donors (Lipinski definition) is 6. The molecule has 14 heteroatoms. The molecule has 1 aliphatic heterocycles. The van der Waals surface area contributed by atoms with Crippen LogP contribution in [0.5, 0.6) is 0 Å². The van der Waals surface area contributed by atoms with Crippen LogP contribution in [0.2, 0.25) is 0 Å². The molecule has 1 heterocycles. The van der Waals surface area contributed by atoms with Crippen LogP contribution >= 0.6 is 0 Å². The average Bonchev–Trinajstić information content (AvgIpc) is 0.876. The number of alkyl halides is 6. The Labute approximate surface area is 560 Å². The highest BCUT2D eigenvalue weighted by atomic mass is 19.4. The van der Waals surface area contributed by atoms with E-state index in [-0.39, 0.29) is 60.9 Å². The van der Waals surface area contributed by atoms with Crippen LogP contribution in [0.3, 0.4) is 0 Å². The molecule has 1 saturated heterocycles. The molecule has 6 unspecified atom stereocenters. The van der Waals surface area contributed by atoms with E-state index in [0.29, 0.717) is 42.5 Å². The van der Waals surface area contributed by atoms with Gasteiger partial charge in [0.2, 0.25) is 0 Å². The van der Waals surface area contributed by atoms with Gasteiger partial charge in [0.15, 0.2) is 11.2 Å². The lowest BCUT2D eigenvalue weighted by molar-refractivity contribution is -0.275. The molecule has 0 bridgehead atoms. The molecule has 6 atom stereocenters. The van der Waals surface area contributed by atoms with Crippen LogP contribution in [-0.2, 0) is 9.53 Å². The van der Waals surface area contributed by atoms with Crippen molar-refractivity contribution in [3.8, 4) is 0 Å². The Morgan fingerprint density at radius 1 is 0.359 bits per heavy atom. The van der Waals surface area contributed by atoms with Crippen molar-refractivity contribution in [3.63, 3.8) is 0 Å². The Hall–Kier alpha value is -1.03. The second-order valence-electron chi connectivity index (χ2n) is 34.5. The minimum atomic E-state index is -4.47. The van der Waals surface area contributed by atoms with Crippen molar-refractivity contribution in [1.82, 2.24) is 0 Å². The second-order valence-corrected chi connectivity index (χ2v) is 34.5. The zero-order valence-electron chi connectivity index (χ0n) is 62.2. The minimum Gasteiger partial charge on any atom is -0.393 e. The number of carbonyl (C=O) groups excluding carboxylic acids is 1. The lowest BCUT2D eigenvalue weighted by atomic mass is 9.72. The van der Waals surface area contributed by atoms with E-state index in [4.69, 9.17) is 4.74 Å². The number of rotatable bonds is 8. The molecule has 548 valence electrons. The summed E-state index contributed by atoms with van der Waals surface area (Å²) in [4.78, 5) is 10.8. The van der Waals surface area contributed by atoms with Crippen LogP contribution < -0.4 is 0 Å². The number of ether oxygens (including phenoxy) is 1. The summed E-state index contributed by atoms with van der Waals surface area (Å²) < 4.78 is 80.4. The predicted octanol–water partition coefficient (Wildman–Crippen LogP) is 21.2. The van der Waals surface area contributed by atoms with Crippen molar-refractivity contribution in [3.05, 3.63) is 0 Å². The van der Waals surface area contributed by atoms with Crippen molar-refractivity contribution in [2.24, 2.45) is 94.7 Å². The molecule has 0 aromatic carbocycles. The Balaban J connectivity index is 0.000000359. The van der Waals surface area contributed by atoms with E-state index in [2.05, 4.69) is 83.1 Å². The Morgan fingerprint density at radius 2 is 0.707 bits per heavy atom. The van der Waals surface area contributed by atoms with E-state index in [0.717, 1.165) is 161 Å². The number of ketones is 1. The highest BCUT2D eigenvalue weighted by Gasteiger charge is 2.56. The summed E-state index contributed by atoms with van der Waals surface area (Å²) in [7, 11) is 0. The van der Waals surface area contributed by atoms with Gasteiger partial charge in [-0.15, -0.1) is 0 Å². The van der Waals surface area contributed by atoms with Gasteiger partial charge in [0.1, 0.15) is 5.78 Å². The zero-order valence-corrected chi connectivity index (χ0v) is 62.2. The molecule has 9 rings (SSSR count). The maximum absolute atomic E-state index is 12.5. The quantitative estimate of drug-likeness (QED) is 0.132. The first-order valence-corrected chi connectivity index (χ1v) is 37.9. The van der Waals surface area contributed by atoms with E-state index in [1.807, 2.05) is 41.5 Å². The van der Waals surface area contributed by atoms with Gasteiger partial charge < -0.3 is 35.4 Å². The van der Waals surface area contributed by atoms with Gasteiger partial charge in [-0.1, -0.05) is 130 Å². The standard InChI is InChI=1S/C11H20O.2C10H17F3O.2C10H20O.C9H18O.C9H16O.C9H18O/c1-9(2)10-3-5-11(6-4-10)7-8-12-11;1-7(2)8-3-5-9(14,6-4-8)10(11,12)13;1-7(2)8-4-3-5-9(14,6-8)10(11,12)13;1-8(2)9-4-6-10(3,11)7-5-9;1-8(2)9-5-4-6-10(3,11)7-9;2*1-7(2)8-3-5-9(10)6-4-8;1-7(2)8-4-3-5-9(10)6-8/h9-10H,3-8H2,1-2H3;2*7-8,14H,3-6H2,1-2H3;2*8-9,11H,4-7H2,1-3H3;7-10H,3-6H2,1-2H3;7-8H,3-6H2,1-2H3;7-10H,3-6H2,1-2H3. The molecule has 0 aromatic heterocycles. The molecule has 8 aliphatic carbocycles. The highest BCUT2D eigenvalue weighted by Crippen LogP contribution is 2.48. The Bertz CT molecular complexity index is 1910. The fourth-order valence-electron chi connectivity index (χ4n) is 16.0. The molecule has 9 aliphatic rings. The lowest BCUT2D eigenvalue weighted by Gasteiger charge is -2.47. The van der Waals surface area contributed by atoms with Crippen LogP contribution in [0.1, 0.15) is 337 Å². The number of aliphatic hydroxyl groups excluding tert-OH is 2. The van der Waals surface area contributed by atoms with Crippen molar-refractivity contribution in [2.45, 2.75) is 389 Å². The van der Waals surface area contributed by atoms with Gasteiger partial charge in [-0.3, -0.25) is 4.79 Å². The van der Waals surface area contributed by atoms with Crippen molar-refractivity contribution >= 4 is 5.78 Å². The summed E-state index contributed by atoms with van der Waals surface area (Å²) in [5.74, 6) is 11.2. The molecule has 1 spiro atoms. The molecule has 8 saturated carbocycles. The fourth-order valence-corrected chi connectivity index (χ4v) is 16.0. The third kappa shape index (κ3) is 31.9. The normalized spacial score (nSPS) is 35.5. The SMILES string of the molecule is CC(C)C1CCC(=O)CC1.CC(C)C1CCC(C)(O)CC1.CC(C)C1CCC(O)(C(F)(F)F)CC1.CC(C)C1CCC(O)CC1.CC(C)C1CCC2(CCO2)CC1.CC(C)C1CCCC(C)(O)C1.CC(C)C1CCCC(O)(C(F)(F)F)C1.CC(C)C1CCCC(O)C1. The number of Topliss-reactive ketones (excluding diaryl/α,β-unsaturated/α-hetero) is 1. The van der Waals surface area contributed by atoms with E-state index in [1.165, 1.54) is 83.5 Å². The summed E-state index contributed by atoms with van der Waals surface area (Å²) >= 11 is 0. The number of carbonyl (C=O) groups is 1. The molecule has 8 nitrogen and oxygen atoms in total. The van der Waals surface area contributed by atoms with Gasteiger partial charge in [0.25, 0.3) is 0 Å². The Kier molecular flexibility index (Phi) is 38.1. The molecule has 0 aromatic rings. The number of halogens is 6.